The lowest BCUT2D eigenvalue weighted by Crippen LogP contribution is -2.49. The van der Waals surface area contributed by atoms with Gasteiger partial charge in [0.25, 0.3) is 0 Å². The highest BCUT2D eigenvalue weighted by Crippen LogP contribution is 2.22. The second kappa shape index (κ2) is 7.46. The molecule has 2 aliphatic rings. The summed E-state index contributed by atoms with van der Waals surface area (Å²) >= 11 is 0. The molecule has 2 aromatic carbocycles. The minimum absolute atomic E-state index is 0.00668. The Balaban J connectivity index is 1.41. The summed E-state index contributed by atoms with van der Waals surface area (Å²) < 4.78 is 5.93. The Kier molecular flexibility index (Phi) is 4.89. The van der Waals surface area contributed by atoms with Crippen molar-refractivity contribution in [1.82, 2.24) is 9.80 Å². The molecule has 4 rings (SSSR count). The first kappa shape index (κ1) is 17.0. The van der Waals surface area contributed by atoms with E-state index in [1.165, 1.54) is 16.3 Å². The molecule has 0 spiro atoms. The van der Waals surface area contributed by atoms with Crippen molar-refractivity contribution in [3.63, 3.8) is 0 Å². The van der Waals surface area contributed by atoms with E-state index in [1.54, 1.807) is 4.90 Å². The fourth-order valence-corrected chi connectivity index (χ4v) is 3.92. The van der Waals surface area contributed by atoms with Crippen LogP contribution in [0.5, 0.6) is 0 Å². The zero-order valence-electron chi connectivity index (χ0n) is 14.9. The molecule has 0 N–H and O–H groups in total. The Labute approximate surface area is 153 Å². The summed E-state index contributed by atoms with van der Waals surface area (Å²) in [6, 6.07) is 14.7. The molecule has 2 amide bonds. The second-order valence-electron chi connectivity index (χ2n) is 7.09. The molecule has 2 aromatic rings. The van der Waals surface area contributed by atoms with E-state index in [-0.39, 0.29) is 24.5 Å². The quantitative estimate of drug-likeness (QED) is 0.848. The van der Waals surface area contributed by atoms with Crippen LogP contribution in [0.1, 0.15) is 18.4 Å². The Morgan fingerprint density at radius 1 is 1.12 bits per heavy atom. The first-order valence-corrected chi connectivity index (χ1v) is 9.34. The van der Waals surface area contributed by atoms with E-state index < -0.39 is 0 Å². The molecular formula is C21H24N2O3. The van der Waals surface area contributed by atoms with Crippen LogP contribution in [0.25, 0.3) is 10.8 Å². The number of benzene rings is 2. The molecule has 1 unspecified atom stereocenters. The number of nitrogens with zero attached hydrogens (tertiary/aromatic N) is 2. The van der Waals surface area contributed by atoms with Crippen LogP contribution in [0.15, 0.2) is 42.5 Å². The highest BCUT2D eigenvalue weighted by atomic mass is 16.5. The van der Waals surface area contributed by atoms with Gasteiger partial charge in [0.15, 0.2) is 0 Å². The molecule has 26 heavy (non-hydrogen) atoms. The summed E-state index contributed by atoms with van der Waals surface area (Å²) in [4.78, 5) is 27.9. The summed E-state index contributed by atoms with van der Waals surface area (Å²) in [6.45, 7) is 2.65. The van der Waals surface area contributed by atoms with E-state index in [1.807, 2.05) is 11.0 Å². The molecule has 5 nitrogen and oxygen atoms in total. The average Bonchev–Trinajstić information content (AvgIpc) is 3.07. The maximum absolute atomic E-state index is 12.6. The number of rotatable bonds is 4. The van der Waals surface area contributed by atoms with Crippen molar-refractivity contribution in [3.05, 3.63) is 48.0 Å². The van der Waals surface area contributed by atoms with Gasteiger partial charge in [0, 0.05) is 32.5 Å². The van der Waals surface area contributed by atoms with Gasteiger partial charge in [-0.15, -0.1) is 0 Å². The number of hydrogen-bond donors (Lipinski definition) is 0. The van der Waals surface area contributed by atoms with Crippen LogP contribution in [-0.2, 0) is 20.7 Å². The number of ether oxygens (including phenoxy) is 1. The van der Waals surface area contributed by atoms with Gasteiger partial charge in [-0.2, -0.15) is 0 Å². The lowest BCUT2D eigenvalue weighted by molar-refractivity contribution is -0.143. The molecule has 0 saturated carbocycles. The average molecular weight is 352 g/mol. The molecule has 0 aliphatic carbocycles. The molecule has 2 saturated heterocycles. The fourth-order valence-electron chi connectivity index (χ4n) is 3.92. The van der Waals surface area contributed by atoms with Gasteiger partial charge in [-0.25, -0.2) is 0 Å². The van der Waals surface area contributed by atoms with Crippen LogP contribution in [0, 0.1) is 0 Å². The number of morpholine rings is 1. The minimum Gasteiger partial charge on any atom is -0.374 e. The molecule has 0 bridgehead atoms. The highest BCUT2D eigenvalue weighted by molar-refractivity contribution is 5.86. The predicted molar refractivity (Wildman–Crippen MR) is 99.8 cm³/mol. The topological polar surface area (TPSA) is 49.9 Å². The molecule has 2 aliphatic heterocycles. The zero-order chi connectivity index (χ0) is 17.9. The van der Waals surface area contributed by atoms with Crippen molar-refractivity contribution in [2.75, 3.05) is 32.8 Å². The van der Waals surface area contributed by atoms with Gasteiger partial charge in [-0.1, -0.05) is 42.5 Å². The molecule has 0 radical (unpaired) electrons. The van der Waals surface area contributed by atoms with Crippen LogP contribution in [0.4, 0.5) is 0 Å². The summed E-state index contributed by atoms with van der Waals surface area (Å²) in [5.74, 6) is 0.130. The predicted octanol–water partition coefficient (Wildman–Crippen LogP) is 2.23. The zero-order valence-corrected chi connectivity index (χ0v) is 14.9. The fraction of sp³-hybridized carbons (Fsp3) is 0.429. The molecule has 1 atom stereocenters. The van der Waals surface area contributed by atoms with Gasteiger partial charge in [0.05, 0.1) is 19.3 Å². The molecule has 5 heteroatoms. The van der Waals surface area contributed by atoms with Crippen LogP contribution in [0.2, 0.25) is 0 Å². The van der Waals surface area contributed by atoms with Crippen molar-refractivity contribution in [1.29, 1.82) is 0 Å². The van der Waals surface area contributed by atoms with Crippen LogP contribution in [0.3, 0.4) is 0 Å². The number of fused-ring (bicyclic) bond motifs is 1. The van der Waals surface area contributed by atoms with E-state index in [0.29, 0.717) is 32.7 Å². The van der Waals surface area contributed by atoms with Gasteiger partial charge in [0.2, 0.25) is 11.8 Å². The molecule has 2 fully saturated rings. The van der Waals surface area contributed by atoms with Crippen LogP contribution >= 0.6 is 0 Å². The minimum atomic E-state index is -0.00668. The van der Waals surface area contributed by atoms with Gasteiger partial charge in [0.1, 0.15) is 0 Å². The molecule has 2 heterocycles. The highest BCUT2D eigenvalue weighted by Gasteiger charge is 2.28. The molecule has 0 aromatic heterocycles. The van der Waals surface area contributed by atoms with Crippen LogP contribution in [-0.4, -0.2) is 60.5 Å². The number of hydrogen-bond acceptors (Lipinski definition) is 3. The van der Waals surface area contributed by atoms with Crippen LogP contribution < -0.4 is 0 Å². The Bertz CT molecular complexity index is 815. The Hall–Kier alpha value is -2.40. The summed E-state index contributed by atoms with van der Waals surface area (Å²) in [5.41, 5.74) is 1.25. The van der Waals surface area contributed by atoms with E-state index >= 15 is 0 Å². The summed E-state index contributed by atoms with van der Waals surface area (Å²) in [5, 5.41) is 2.46. The van der Waals surface area contributed by atoms with Gasteiger partial charge >= 0.3 is 0 Å². The first-order valence-electron chi connectivity index (χ1n) is 9.34. The van der Waals surface area contributed by atoms with E-state index in [4.69, 9.17) is 4.74 Å². The number of carbonyl (C=O) groups excluding carboxylic acids is 2. The lowest BCUT2D eigenvalue weighted by atomic mass is 9.99. The van der Waals surface area contributed by atoms with E-state index in [9.17, 15) is 9.59 Å². The Morgan fingerprint density at radius 2 is 1.96 bits per heavy atom. The van der Waals surface area contributed by atoms with Gasteiger partial charge in [-0.3, -0.25) is 9.59 Å². The number of likely N-dealkylation sites (tertiary alicyclic amines) is 1. The number of carbonyl (C=O) groups is 2. The first-order chi connectivity index (χ1) is 12.7. The van der Waals surface area contributed by atoms with E-state index in [0.717, 1.165) is 12.8 Å². The maximum atomic E-state index is 12.6. The third-order valence-corrected chi connectivity index (χ3v) is 5.32. The van der Waals surface area contributed by atoms with Crippen molar-refractivity contribution >= 4 is 22.6 Å². The SMILES string of the molecule is O=C1CCCN1CC(=O)N1CCOC(Cc2cccc3ccccc23)C1. The standard InChI is InChI=1S/C21H24N2O3/c24-20-9-4-10-22(20)15-21(25)23-11-12-26-18(14-23)13-17-7-3-6-16-5-1-2-8-19(16)17/h1-3,5-8,18H,4,9-15H2. The smallest absolute Gasteiger partial charge is 0.242 e. The van der Waals surface area contributed by atoms with E-state index in [2.05, 4.69) is 36.4 Å². The molecular weight excluding hydrogens is 328 g/mol. The lowest BCUT2D eigenvalue weighted by Gasteiger charge is -2.34. The van der Waals surface area contributed by atoms with Crippen molar-refractivity contribution < 1.29 is 14.3 Å². The summed E-state index contributed by atoms with van der Waals surface area (Å²) in [7, 11) is 0. The second-order valence-corrected chi connectivity index (χ2v) is 7.09. The van der Waals surface area contributed by atoms with Gasteiger partial charge < -0.3 is 14.5 Å². The summed E-state index contributed by atoms with van der Waals surface area (Å²) in [6.07, 6.45) is 2.21. The van der Waals surface area contributed by atoms with Crippen molar-refractivity contribution in [3.8, 4) is 0 Å². The monoisotopic (exact) mass is 352 g/mol. The van der Waals surface area contributed by atoms with Gasteiger partial charge in [-0.05, 0) is 22.8 Å². The third-order valence-electron chi connectivity index (χ3n) is 5.32. The Morgan fingerprint density at radius 3 is 2.81 bits per heavy atom. The third kappa shape index (κ3) is 3.58. The maximum Gasteiger partial charge on any atom is 0.242 e. The largest absolute Gasteiger partial charge is 0.374 e. The van der Waals surface area contributed by atoms with Crippen molar-refractivity contribution in [2.24, 2.45) is 0 Å². The normalized spacial score (nSPS) is 20.8. The number of amides is 2. The molecule has 136 valence electrons. The van der Waals surface area contributed by atoms with Crippen molar-refractivity contribution in [2.45, 2.75) is 25.4 Å².